The average molecular weight is 449 g/mol. The monoisotopic (exact) mass is 449 g/mol. The second-order valence-electron chi connectivity index (χ2n) is 9.23. The molecule has 0 saturated heterocycles. The molecule has 2 N–H and O–H groups in total. The SMILES string of the molecule is Cc1cc2c(CCCNC3CC3)c3c(nc2cc1F)-c1cc2c(c(=O)n1C3)COC(=O)[C@H]2O. The molecular formula is C25H24FN3O4. The number of nitrogens with one attached hydrogen (secondary N) is 1. The Morgan fingerprint density at radius 2 is 2.06 bits per heavy atom. The number of aliphatic hydroxyl groups is 1. The molecule has 0 bridgehead atoms. The van der Waals surface area contributed by atoms with Gasteiger partial charge in [0.25, 0.3) is 5.56 Å². The second-order valence-corrected chi connectivity index (χ2v) is 9.23. The van der Waals surface area contributed by atoms with Gasteiger partial charge in [-0.2, -0.15) is 0 Å². The Hall–Kier alpha value is -3.10. The number of benzene rings is 1. The van der Waals surface area contributed by atoms with Gasteiger partial charge >= 0.3 is 5.97 Å². The predicted octanol–water partition coefficient (Wildman–Crippen LogP) is 2.65. The summed E-state index contributed by atoms with van der Waals surface area (Å²) < 4.78 is 21.0. The van der Waals surface area contributed by atoms with Crippen LogP contribution < -0.4 is 10.9 Å². The number of carbonyl (C=O) groups is 1. The Morgan fingerprint density at radius 1 is 1.24 bits per heavy atom. The van der Waals surface area contributed by atoms with Crippen molar-refractivity contribution in [3.63, 3.8) is 0 Å². The lowest BCUT2D eigenvalue weighted by Crippen LogP contribution is -2.32. The molecule has 4 heterocycles. The van der Waals surface area contributed by atoms with Gasteiger partial charge in [-0.1, -0.05) is 0 Å². The first-order valence-electron chi connectivity index (χ1n) is 11.4. The number of esters is 1. The van der Waals surface area contributed by atoms with Crippen molar-refractivity contribution in [3.05, 3.63) is 62.2 Å². The fourth-order valence-electron chi connectivity index (χ4n) is 4.98. The molecule has 6 rings (SSSR count). The minimum atomic E-state index is -1.50. The lowest BCUT2D eigenvalue weighted by atomic mass is 9.95. The zero-order valence-corrected chi connectivity index (χ0v) is 18.3. The zero-order chi connectivity index (χ0) is 22.9. The molecule has 0 amide bonds. The number of aryl methyl sites for hydroxylation is 2. The van der Waals surface area contributed by atoms with Crippen LogP contribution in [0.25, 0.3) is 22.3 Å². The van der Waals surface area contributed by atoms with Crippen LogP contribution in [-0.2, 0) is 29.1 Å². The van der Waals surface area contributed by atoms with Crippen molar-refractivity contribution in [3.8, 4) is 11.4 Å². The maximum absolute atomic E-state index is 14.4. The third-order valence-electron chi connectivity index (χ3n) is 6.97. The Labute approximate surface area is 189 Å². The van der Waals surface area contributed by atoms with Crippen LogP contribution in [0.4, 0.5) is 4.39 Å². The maximum atomic E-state index is 14.4. The summed E-state index contributed by atoms with van der Waals surface area (Å²) in [7, 11) is 0. The molecular weight excluding hydrogens is 425 g/mol. The van der Waals surface area contributed by atoms with Crippen molar-refractivity contribution in [2.75, 3.05) is 6.54 Å². The molecule has 0 spiro atoms. The van der Waals surface area contributed by atoms with E-state index in [0.29, 0.717) is 40.6 Å². The molecule has 2 aromatic heterocycles. The number of ether oxygens (including phenoxy) is 1. The molecule has 1 fully saturated rings. The number of cyclic esters (lactones) is 1. The maximum Gasteiger partial charge on any atom is 0.340 e. The molecule has 1 aromatic carbocycles. The van der Waals surface area contributed by atoms with Gasteiger partial charge in [-0.15, -0.1) is 0 Å². The number of fused-ring (bicyclic) bond motifs is 5. The molecule has 2 aliphatic heterocycles. The second kappa shape index (κ2) is 7.46. The van der Waals surface area contributed by atoms with Crippen molar-refractivity contribution in [1.29, 1.82) is 0 Å². The van der Waals surface area contributed by atoms with Crippen LogP contribution in [-0.4, -0.2) is 33.2 Å². The highest BCUT2D eigenvalue weighted by molar-refractivity contribution is 5.89. The smallest absolute Gasteiger partial charge is 0.340 e. The van der Waals surface area contributed by atoms with Gasteiger partial charge in [0.15, 0.2) is 6.10 Å². The molecule has 0 unspecified atom stereocenters. The quantitative estimate of drug-likeness (QED) is 0.360. The molecule has 7 nitrogen and oxygen atoms in total. The highest BCUT2D eigenvalue weighted by Gasteiger charge is 2.34. The number of hydrogen-bond acceptors (Lipinski definition) is 6. The van der Waals surface area contributed by atoms with E-state index >= 15 is 0 Å². The van der Waals surface area contributed by atoms with Gasteiger partial charge in [0.2, 0.25) is 0 Å². The van der Waals surface area contributed by atoms with E-state index in [9.17, 15) is 19.1 Å². The van der Waals surface area contributed by atoms with Crippen LogP contribution >= 0.6 is 0 Å². The summed E-state index contributed by atoms with van der Waals surface area (Å²) in [5, 5.41) is 14.8. The van der Waals surface area contributed by atoms with Gasteiger partial charge in [-0.3, -0.25) is 4.79 Å². The van der Waals surface area contributed by atoms with E-state index in [-0.39, 0.29) is 23.5 Å². The van der Waals surface area contributed by atoms with Gasteiger partial charge in [-0.25, -0.2) is 14.2 Å². The number of aromatic nitrogens is 2. The van der Waals surface area contributed by atoms with E-state index < -0.39 is 12.1 Å². The Morgan fingerprint density at radius 3 is 2.85 bits per heavy atom. The van der Waals surface area contributed by atoms with Crippen molar-refractivity contribution >= 4 is 16.9 Å². The zero-order valence-electron chi connectivity index (χ0n) is 18.3. The van der Waals surface area contributed by atoms with E-state index in [2.05, 4.69) is 5.32 Å². The van der Waals surface area contributed by atoms with Crippen molar-refractivity contribution in [2.24, 2.45) is 0 Å². The summed E-state index contributed by atoms with van der Waals surface area (Å²) in [5.74, 6) is -1.09. The first-order valence-corrected chi connectivity index (χ1v) is 11.4. The number of aliphatic hydroxyl groups excluding tert-OH is 1. The molecule has 0 radical (unpaired) electrons. The number of hydrogen-bond donors (Lipinski definition) is 2. The van der Waals surface area contributed by atoms with Crippen LogP contribution in [0.5, 0.6) is 0 Å². The van der Waals surface area contributed by atoms with Gasteiger partial charge in [0.05, 0.1) is 29.0 Å². The number of halogens is 1. The minimum Gasteiger partial charge on any atom is -0.458 e. The minimum absolute atomic E-state index is 0.153. The summed E-state index contributed by atoms with van der Waals surface area (Å²) >= 11 is 0. The van der Waals surface area contributed by atoms with Crippen molar-refractivity contribution < 1.29 is 19.0 Å². The standard InChI is InChI=1S/C25H24FN3O4/c1-12-7-15-14(3-2-6-27-13-4-5-13)17-10-29-21(22(17)28-20(15)9-19(12)26)8-16-18(24(29)31)11-33-25(32)23(16)30/h7-9,13,23,27,30H,2-6,10-11H2,1H3/t23-/m0/s1. The average Bonchev–Trinajstić information content (AvgIpc) is 3.55. The first-order chi connectivity index (χ1) is 15.9. The third kappa shape index (κ3) is 3.28. The number of pyridine rings is 2. The van der Waals surface area contributed by atoms with E-state index in [1.807, 2.05) is 6.07 Å². The number of carbonyl (C=O) groups excluding carboxylic acids is 1. The lowest BCUT2D eigenvalue weighted by Gasteiger charge is -2.21. The largest absolute Gasteiger partial charge is 0.458 e. The molecule has 3 aromatic rings. The Kier molecular flexibility index (Phi) is 4.64. The molecule has 8 heteroatoms. The molecule has 33 heavy (non-hydrogen) atoms. The third-order valence-corrected chi connectivity index (χ3v) is 6.97. The van der Waals surface area contributed by atoms with E-state index in [4.69, 9.17) is 9.72 Å². The predicted molar refractivity (Wildman–Crippen MR) is 119 cm³/mol. The summed E-state index contributed by atoms with van der Waals surface area (Å²) in [4.78, 5) is 29.9. The number of rotatable bonds is 5. The van der Waals surface area contributed by atoms with Gasteiger partial charge < -0.3 is 19.7 Å². The molecule has 1 saturated carbocycles. The summed E-state index contributed by atoms with van der Waals surface area (Å²) in [6, 6.07) is 5.58. The Balaban J connectivity index is 1.50. The topological polar surface area (TPSA) is 93.5 Å². The lowest BCUT2D eigenvalue weighted by molar-refractivity contribution is -0.157. The summed E-state index contributed by atoms with van der Waals surface area (Å²) in [6.45, 7) is 2.84. The summed E-state index contributed by atoms with van der Waals surface area (Å²) in [5.41, 5.74) is 4.54. The van der Waals surface area contributed by atoms with Gasteiger partial charge in [0.1, 0.15) is 12.4 Å². The van der Waals surface area contributed by atoms with Crippen molar-refractivity contribution in [2.45, 2.75) is 57.9 Å². The van der Waals surface area contributed by atoms with Crippen LogP contribution in [0.15, 0.2) is 23.0 Å². The van der Waals surface area contributed by atoms with Crippen LogP contribution in [0.2, 0.25) is 0 Å². The van der Waals surface area contributed by atoms with Crippen LogP contribution in [0.3, 0.4) is 0 Å². The molecule has 1 atom stereocenters. The van der Waals surface area contributed by atoms with Gasteiger partial charge in [0, 0.05) is 28.6 Å². The normalized spacial score (nSPS) is 18.8. The number of nitrogens with zero attached hydrogens (tertiary/aromatic N) is 2. The first kappa shape index (κ1) is 20.5. The highest BCUT2D eigenvalue weighted by atomic mass is 19.1. The van der Waals surface area contributed by atoms with Gasteiger partial charge in [-0.05, 0) is 62.4 Å². The van der Waals surface area contributed by atoms with E-state index in [1.54, 1.807) is 17.6 Å². The Bertz CT molecular complexity index is 1390. The van der Waals surface area contributed by atoms with Crippen LogP contribution in [0.1, 0.15) is 53.2 Å². The van der Waals surface area contributed by atoms with E-state index in [1.165, 1.54) is 18.9 Å². The summed E-state index contributed by atoms with van der Waals surface area (Å²) in [6.07, 6.45) is 2.66. The highest BCUT2D eigenvalue weighted by Crippen LogP contribution is 2.38. The molecule has 170 valence electrons. The van der Waals surface area contributed by atoms with Crippen molar-refractivity contribution in [1.82, 2.24) is 14.9 Å². The van der Waals surface area contributed by atoms with E-state index in [0.717, 1.165) is 35.9 Å². The molecule has 1 aliphatic carbocycles. The fourth-order valence-corrected chi connectivity index (χ4v) is 4.98. The van der Waals surface area contributed by atoms with Crippen LogP contribution in [0, 0.1) is 12.7 Å². The molecule has 3 aliphatic rings. The fraction of sp³-hybridized carbons (Fsp3) is 0.400.